The molecular weight excluding hydrogens is 156 g/mol. The zero-order valence-electron chi connectivity index (χ0n) is 9.22. The summed E-state index contributed by atoms with van der Waals surface area (Å²) in [4.78, 5) is 0. The van der Waals surface area contributed by atoms with Gasteiger partial charge in [-0.3, -0.25) is 0 Å². The summed E-state index contributed by atoms with van der Waals surface area (Å²) in [5, 5.41) is 0. The Balaban J connectivity index is 2.29. The third kappa shape index (κ3) is 1.11. The molecule has 0 nitrogen and oxygen atoms in total. The maximum atomic E-state index is 4.13. The molecule has 1 fully saturated rings. The van der Waals surface area contributed by atoms with E-state index in [1.165, 1.54) is 12.0 Å². The maximum absolute atomic E-state index is 4.13. The van der Waals surface area contributed by atoms with Gasteiger partial charge in [-0.1, -0.05) is 37.6 Å². The van der Waals surface area contributed by atoms with Crippen LogP contribution < -0.4 is 0 Å². The molecule has 0 spiro atoms. The van der Waals surface area contributed by atoms with Gasteiger partial charge >= 0.3 is 0 Å². The topological polar surface area (TPSA) is 0 Å². The Morgan fingerprint density at radius 1 is 1.54 bits per heavy atom. The van der Waals surface area contributed by atoms with Gasteiger partial charge < -0.3 is 0 Å². The van der Waals surface area contributed by atoms with Gasteiger partial charge in [-0.25, -0.2) is 0 Å². The highest BCUT2D eigenvalue weighted by Gasteiger charge is 2.61. The third-order valence-electron chi connectivity index (χ3n) is 4.21. The molecule has 72 valence electrons. The Kier molecular flexibility index (Phi) is 1.74. The van der Waals surface area contributed by atoms with E-state index in [-0.39, 0.29) is 0 Å². The van der Waals surface area contributed by atoms with E-state index >= 15 is 0 Å². The van der Waals surface area contributed by atoms with Crippen molar-refractivity contribution in [3.8, 4) is 0 Å². The standard InChI is InChI=1S/C13H20/c1-8(2)11-9(3)6-7-10-12(11)13(10,4)5/h6,10-12H,1,7H2,2-5H3. The molecule has 0 aromatic heterocycles. The molecule has 0 saturated heterocycles. The van der Waals surface area contributed by atoms with E-state index in [4.69, 9.17) is 0 Å². The zero-order valence-corrected chi connectivity index (χ0v) is 9.22. The molecule has 0 bridgehead atoms. The van der Waals surface area contributed by atoms with E-state index in [0.717, 1.165) is 11.8 Å². The lowest BCUT2D eigenvalue weighted by molar-refractivity contribution is 0.484. The summed E-state index contributed by atoms with van der Waals surface area (Å²) in [5.74, 6) is 2.49. The van der Waals surface area contributed by atoms with Crippen LogP contribution in [-0.4, -0.2) is 0 Å². The summed E-state index contributed by atoms with van der Waals surface area (Å²) < 4.78 is 0. The Labute approximate surface area is 81.7 Å². The van der Waals surface area contributed by atoms with Crippen molar-refractivity contribution in [2.24, 2.45) is 23.2 Å². The molecule has 2 aliphatic rings. The van der Waals surface area contributed by atoms with E-state index in [2.05, 4.69) is 40.3 Å². The van der Waals surface area contributed by atoms with Gasteiger partial charge in [-0.2, -0.15) is 0 Å². The monoisotopic (exact) mass is 176 g/mol. The fourth-order valence-corrected chi connectivity index (χ4v) is 3.32. The number of hydrogen-bond acceptors (Lipinski definition) is 0. The largest absolute Gasteiger partial charge is 0.0995 e. The van der Waals surface area contributed by atoms with Gasteiger partial charge in [-0.15, -0.1) is 0 Å². The van der Waals surface area contributed by atoms with Crippen LogP contribution in [0.1, 0.15) is 34.1 Å². The van der Waals surface area contributed by atoms with Crippen molar-refractivity contribution in [1.82, 2.24) is 0 Å². The SMILES string of the molecule is C=C(C)C1C(C)=CCC2C1C2(C)C. The maximum Gasteiger partial charge on any atom is 0.00351 e. The minimum Gasteiger partial charge on any atom is -0.0995 e. The molecule has 3 atom stereocenters. The number of fused-ring (bicyclic) bond motifs is 1. The first-order valence-electron chi connectivity index (χ1n) is 5.28. The Morgan fingerprint density at radius 3 is 2.62 bits per heavy atom. The van der Waals surface area contributed by atoms with Crippen molar-refractivity contribution in [2.45, 2.75) is 34.1 Å². The molecular formula is C13H20. The highest BCUT2D eigenvalue weighted by atomic mass is 14.6. The Bertz CT molecular complexity index is 280. The molecule has 2 aliphatic carbocycles. The number of hydrogen-bond donors (Lipinski definition) is 0. The van der Waals surface area contributed by atoms with Crippen LogP contribution in [0, 0.1) is 23.2 Å². The smallest absolute Gasteiger partial charge is 0.00351 e. The lowest BCUT2D eigenvalue weighted by atomic mass is 9.83. The molecule has 0 heterocycles. The molecule has 13 heavy (non-hydrogen) atoms. The first-order valence-corrected chi connectivity index (χ1v) is 5.28. The zero-order chi connectivity index (χ0) is 9.80. The highest BCUT2D eigenvalue weighted by molar-refractivity contribution is 5.30. The second-order valence-corrected chi connectivity index (χ2v) is 5.46. The third-order valence-corrected chi connectivity index (χ3v) is 4.21. The van der Waals surface area contributed by atoms with Crippen LogP contribution in [0.25, 0.3) is 0 Å². The van der Waals surface area contributed by atoms with Gasteiger partial charge in [0.25, 0.3) is 0 Å². The van der Waals surface area contributed by atoms with Crippen molar-refractivity contribution in [2.75, 3.05) is 0 Å². The van der Waals surface area contributed by atoms with Gasteiger partial charge in [0, 0.05) is 5.92 Å². The highest BCUT2D eigenvalue weighted by Crippen LogP contribution is 2.67. The lowest BCUT2D eigenvalue weighted by Gasteiger charge is -2.22. The lowest BCUT2D eigenvalue weighted by Crippen LogP contribution is -2.12. The van der Waals surface area contributed by atoms with Crippen molar-refractivity contribution >= 4 is 0 Å². The molecule has 3 unspecified atom stereocenters. The molecule has 2 rings (SSSR count). The summed E-state index contributed by atoms with van der Waals surface area (Å²) in [7, 11) is 0. The van der Waals surface area contributed by atoms with Gasteiger partial charge in [0.15, 0.2) is 0 Å². The minimum atomic E-state index is 0.567. The van der Waals surface area contributed by atoms with Gasteiger partial charge in [-0.05, 0) is 37.5 Å². The van der Waals surface area contributed by atoms with Crippen molar-refractivity contribution in [3.63, 3.8) is 0 Å². The molecule has 0 aromatic rings. The van der Waals surface area contributed by atoms with Crippen LogP contribution in [-0.2, 0) is 0 Å². The molecule has 0 amide bonds. The van der Waals surface area contributed by atoms with Gasteiger partial charge in [0.1, 0.15) is 0 Å². The number of allylic oxidation sites excluding steroid dienone is 3. The fourth-order valence-electron chi connectivity index (χ4n) is 3.32. The van der Waals surface area contributed by atoms with E-state index in [1.54, 1.807) is 5.57 Å². The fraction of sp³-hybridized carbons (Fsp3) is 0.692. The van der Waals surface area contributed by atoms with Crippen LogP contribution in [0.3, 0.4) is 0 Å². The van der Waals surface area contributed by atoms with E-state index in [9.17, 15) is 0 Å². The normalized spacial score (nSPS) is 40.6. The summed E-state index contributed by atoms with van der Waals surface area (Å²) in [6.07, 6.45) is 3.72. The summed E-state index contributed by atoms with van der Waals surface area (Å²) in [6, 6.07) is 0. The van der Waals surface area contributed by atoms with E-state index < -0.39 is 0 Å². The van der Waals surface area contributed by atoms with Gasteiger partial charge in [0.05, 0.1) is 0 Å². The average molecular weight is 176 g/mol. The van der Waals surface area contributed by atoms with E-state index in [1.807, 2.05) is 0 Å². The summed E-state index contributed by atoms with van der Waals surface area (Å²) in [5.41, 5.74) is 3.48. The summed E-state index contributed by atoms with van der Waals surface area (Å²) in [6.45, 7) is 13.4. The minimum absolute atomic E-state index is 0.567. The predicted octanol–water partition coefficient (Wildman–Crippen LogP) is 3.80. The van der Waals surface area contributed by atoms with Crippen LogP contribution in [0.5, 0.6) is 0 Å². The van der Waals surface area contributed by atoms with Crippen LogP contribution in [0.4, 0.5) is 0 Å². The van der Waals surface area contributed by atoms with Crippen molar-refractivity contribution < 1.29 is 0 Å². The Morgan fingerprint density at radius 2 is 2.15 bits per heavy atom. The van der Waals surface area contributed by atoms with Gasteiger partial charge in [0.2, 0.25) is 0 Å². The Hall–Kier alpha value is -0.520. The average Bonchev–Trinajstić information content (AvgIpc) is 2.53. The quantitative estimate of drug-likeness (QED) is 0.533. The second-order valence-electron chi connectivity index (χ2n) is 5.46. The molecule has 0 aromatic carbocycles. The van der Waals surface area contributed by atoms with Crippen LogP contribution in [0.2, 0.25) is 0 Å². The number of rotatable bonds is 1. The van der Waals surface area contributed by atoms with Crippen LogP contribution >= 0.6 is 0 Å². The second kappa shape index (κ2) is 2.50. The predicted molar refractivity (Wildman–Crippen MR) is 57.4 cm³/mol. The molecule has 0 N–H and O–H groups in total. The van der Waals surface area contributed by atoms with Crippen molar-refractivity contribution in [3.05, 3.63) is 23.8 Å². The molecule has 0 heteroatoms. The first kappa shape index (κ1) is 9.05. The first-order chi connectivity index (χ1) is 5.96. The molecule has 1 saturated carbocycles. The van der Waals surface area contributed by atoms with Crippen molar-refractivity contribution in [1.29, 1.82) is 0 Å². The van der Waals surface area contributed by atoms with E-state index in [0.29, 0.717) is 11.3 Å². The molecule has 0 radical (unpaired) electrons. The summed E-state index contributed by atoms with van der Waals surface area (Å²) >= 11 is 0. The van der Waals surface area contributed by atoms with Crippen LogP contribution in [0.15, 0.2) is 23.8 Å². The molecule has 0 aliphatic heterocycles.